The molecule has 4 fully saturated rings. The van der Waals surface area contributed by atoms with Gasteiger partial charge in [0.2, 0.25) is 0 Å². The van der Waals surface area contributed by atoms with E-state index in [9.17, 15) is 19.2 Å². The molecule has 0 aliphatic carbocycles. The van der Waals surface area contributed by atoms with Crippen molar-refractivity contribution in [1.29, 1.82) is 0 Å². The smallest absolute Gasteiger partial charge is 0.327 e. The van der Waals surface area contributed by atoms with Crippen molar-refractivity contribution in [3.05, 3.63) is 59.7 Å². The van der Waals surface area contributed by atoms with Crippen LogP contribution >= 0.6 is 0 Å². The lowest BCUT2D eigenvalue weighted by atomic mass is 10.1. The normalized spacial score (nSPS) is 25.8. The van der Waals surface area contributed by atoms with Crippen LogP contribution in [0, 0.1) is 0 Å². The molecular formula is C25H26N4O8. The van der Waals surface area contributed by atoms with E-state index in [1.165, 1.54) is 9.80 Å². The molecule has 4 aliphatic rings. The van der Waals surface area contributed by atoms with E-state index in [0.29, 0.717) is 6.61 Å². The Morgan fingerprint density at radius 1 is 0.757 bits per heavy atom. The summed E-state index contributed by atoms with van der Waals surface area (Å²) < 4.78 is 21.5. The Labute approximate surface area is 212 Å². The molecule has 0 saturated carbocycles. The van der Waals surface area contributed by atoms with Gasteiger partial charge in [-0.25, -0.2) is 9.59 Å². The summed E-state index contributed by atoms with van der Waals surface area (Å²) in [5.74, 6) is 0.910. The van der Waals surface area contributed by atoms with E-state index in [4.69, 9.17) is 18.9 Å². The predicted molar refractivity (Wildman–Crippen MR) is 126 cm³/mol. The van der Waals surface area contributed by atoms with Crippen molar-refractivity contribution in [3.63, 3.8) is 0 Å². The highest BCUT2D eigenvalue weighted by molar-refractivity contribution is 6.05. The van der Waals surface area contributed by atoms with Gasteiger partial charge in [0.15, 0.2) is 12.5 Å². The maximum Gasteiger partial charge on any atom is 0.327 e. The third-order valence-corrected chi connectivity index (χ3v) is 6.41. The Kier molecular flexibility index (Phi) is 6.68. The van der Waals surface area contributed by atoms with E-state index in [-0.39, 0.29) is 25.0 Å². The van der Waals surface area contributed by atoms with Crippen LogP contribution in [0.4, 0.5) is 9.59 Å². The lowest BCUT2D eigenvalue weighted by Gasteiger charge is -2.20. The van der Waals surface area contributed by atoms with Crippen LogP contribution in [-0.4, -0.2) is 72.7 Å². The van der Waals surface area contributed by atoms with Crippen LogP contribution in [0.1, 0.15) is 30.5 Å². The van der Waals surface area contributed by atoms with Gasteiger partial charge in [0.25, 0.3) is 11.8 Å². The number of rotatable bonds is 5. The van der Waals surface area contributed by atoms with Gasteiger partial charge in [-0.2, -0.15) is 0 Å². The Morgan fingerprint density at radius 3 is 1.59 bits per heavy atom. The van der Waals surface area contributed by atoms with Gasteiger partial charge >= 0.3 is 12.1 Å². The van der Waals surface area contributed by atoms with Gasteiger partial charge in [-0.15, -0.1) is 0 Å². The van der Waals surface area contributed by atoms with E-state index >= 15 is 0 Å². The zero-order valence-electron chi connectivity index (χ0n) is 20.2. The first-order chi connectivity index (χ1) is 17.9. The van der Waals surface area contributed by atoms with E-state index in [2.05, 4.69) is 10.6 Å². The predicted octanol–water partition coefficient (Wildman–Crippen LogP) is 1.68. The minimum Gasteiger partial charge on any atom is -0.497 e. The number of hydrogen-bond donors (Lipinski definition) is 2. The van der Waals surface area contributed by atoms with E-state index in [1.807, 2.05) is 43.3 Å². The zero-order chi connectivity index (χ0) is 26.1. The fourth-order valence-corrected chi connectivity index (χ4v) is 4.60. The summed E-state index contributed by atoms with van der Waals surface area (Å²) >= 11 is 0. The van der Waals surface area contributed by atoms with Crippen molar-refractivity contribution in [2.75, 3.05) is 26.9 Å². The largest absolute Gasteiger partial charge is 0.497 e. The monoisotopic (exact) mass is 510 g/mol. The molecular weight excluding hydrogens is 484 g/mol. The first kappa shape index (κ1) is 24.5. The molecule has 4 atom stereocenters. The number of nitrogens with one attached hydrogen (secondary N) is 2. The summed E-state index contributed by atoms with van der Waals surface area (Å²) in [6, 6.07) is 12.7. The van der Waals surface area contributed by atoms with Crippen LogP contribution in [0.3, 0.4) is 0 Å². The molecule has 0 spiro atoms. The van der Waals surface area contributed by atoms with Crippen molar-refractivity contribution in [3.8, 4) is 11.5 Å². The van der Waals surface area contributed by atoms with E-state index < -0.39 is 36.6 Å². The van der Waals surface area contributed by atoms with Gasteiger partial charge in [0, 0.05) is 11.1 Å². The number of fused-ring (bicyclic) bond motifs is 2. The zero-order valence-corrected chi connectivity index (χ0v) is 20.2. The van der Waals surface area contributed by atoms with Crippen LogP contribution in [0.2, 0.25) is 0 Å². The molecule has 12 heteroatoms. The van der Waals surface area contributed by atoms with Crippen molar-refractivity contribution in [2.45, 2.75) is 31.5 Å². The molecule has 0 radical (unpaired) electrons. The number of amides is 6. The maximum atomic E-state index is 11.7. The third-order valence-electron chi connectivity index (χ3n) is 6.41. The molecule has 0 bridgehead atoms. The molecule has 2 aromatic rings. The average Bonchev–Trinajstić information content (AvgIpc) is 3.66. The molecule has 37 heavy (non-hydrogen) atoms. The second-order valence-electron chi connectivity index (χ2n) is 8.58. The van der Waals surface area contributed by atoms with Gasteiger partial charge in [-0.3, -0.25) is 30.0 Å². The summed E-state index contributed by atoms with van der Waals surface area (Å²) in [6.07, 6.45) is -1.01. The summed E-state index contributed by atoms with van der Waals surface area (Å²) in [5.41, 5.74) is 1.65. The van der Waals surface area contributed by atoms with Crippen molar-refractivity contribution in [1.82, 2.24) is 20.4 Å². The fraction of sp³-hybridized carbons (Fsp3) is 0.360. The Balaban J connectivity index is 0.000000152. The highest BCUT2D eigenvalue weighted by Crippen LogP contribution is 2.35. The first-order valence-corrected chi connectivity index (χ1v) is 11.8. The topological polar surface area (TPSA) is 136 Å². The molecule has 2 unspecified atom stereocenters. The SMILES string of the molecule is CCOc1ccc(C2OC[C@@H]3C(=O)NC(=O)N23)cc1.COc1ccc(C2OC[C@@H]3C(=O)NC(=O)N23)cc1. The molecule has 0 aromatic heterocycles. The summed E-state index contributed by atoms with van der Waals surface area (Å²) in [6.45, 7) is 2.98. The first-order valence-electron chi connectivity index (χ1n) is 11.8. The second kappa shape index (κ2) is 10.1. The van der Waals surface area contributed by atoms with Gasteiger partial charge in [-0.05, 0) is 31.2 Å². The highest BCUT2D eigenvalue weighted by Gasteiger charge is 2.49. The minimum absolute atomic E-state index is 0.230. The van der Waals surface area contributed by atoms with Crippen LogP contribution in [0.5, 0.6) is 11.5 Å². The Bertz CT molecular complexity index is 1200. The van der Waals surface area contributed by atoms with Crippen LogP contribution < -0.4 is 20.1 Å². The van der Waals surface area contributed by atoms with Gasteiger partial charge < -0.3 is 18.9 Å². The second-order valence-corrected chi connectivity index (χ2v) is 8.58. The lowest BCUT2D eigenvalue weighted by Crippen LogP contribution is -2.32. The third kappa shape index (κ3) is 4.56. The van der Waals surface area contributed by atoms with E-state index in [1.54, 1.807) is 19.2 Å². The number of benzene rings is 2. The fourth-order valence-electron chi connectivity index (χ4n) is 4.60. The number of nitrogens with zero attached hydrogens (tertiary/aromatic N) is 2. The van der Waals surface area contributed by atoms with Crippen LogP contribution in [-0.2, 0) is 19.1 Å². The Hall–Kier alpha value is -4.16. The number of hydrogen-bond acceptors (Lipinski definition) is 8. The highest BCUT2D eigenvalue weighted by atomic mass is 16.5. The molecule has 2 aromatic carbocycles. The molecule has 6 amide bonds. The number of carbonyl (C=O) groups excluding carboxylic acids is 4. The molecule has 4 heterocycles. The molecule has 194 valence electrons. The molecule has 4 aliphatic heterocycles. The number of urea groups is 2. The summed E-state index contributed by atoms with van der Waals surface area (Å²) in [4.78, 5) is 49.2. The maximum absolute atomic E-state index is 11.7. The molecule has 2 N–H and O–H groups in total. The van der Waals surface area contributed by atoms with Gasteiger partial charge in [0.05, 0.1) is 26.9 Å². The molecule has 6 rings (SSSR count). The summed E-state index contributed by atoms with van der Waals surface area (Å²) in [7, 11) is 1.59. The van der Waals surface area contributed by atoms with E-state index in [0.717, 1.165) is 22.6 Å². The Morgan fingerprint density at radius 2 is 1.19 bits per heavy atom. The average molecular weight is 511 g/mol. The van der Waals surface area contributed by atoms with Crippen molar-refractivity contribution in [2.24, 2.45) is 0 Å². The standard InChI is InChI=1S/C13H14N2O4.C12H12N2O4/c1-2-18-9-5-3-8(4-6-9)12-15-10(7-19-12)11(16)14-13(15)17;1-17-8-4-2-7(3-5-8)11-14-9(6-18-11)10(15)13-12(14)16/h3-6,10,12H,2,7H2,1H3,(H,14,16,17);2-5,9,11H,6H2,1H3,(H,13,15,16)/t10-,12?;9-,11?/m11/s1. The molecule has 12 nitrogen and oxygen atoms in total. The number of imide groups is 2. The van der Waals surface area contributed by atoms with Crippen LogP contribution in [0.15, 0.2) is 48.5 Å². The summed E-state index contributed by atoms with van der Waals surface area (Å²) in [5, 5.41) is 4.58. The van der Waals surface area contributed by atoms with Crippen molar-refractivity contribution >= 4 is 23.9 Å². The minimum atomic E-state index is -0.510. The van der Waals surface area contributed by atoms with Crippen LogP contribution in [0.25, 0.3) is 0 Å². The number of carbonyl (C=O) groups is 4. The number of methoxy groups -OCH3 is 1. The van der Waals surface area contributed by atoms with Crippen molar-refractivity contribution < 1.29 is 38.1 Å². The quantitative estimate of drug-likeness (QED) is 0.580. The van der Waals surface area contributed by atoms with Gasteiger partial charge in [-0.1, -0.05) is 24.3 Å². The lowest BCUT2D eigenvalue weighted by molar-refractivity contribution is -0.121. The molecule has 4 saturated heterocycles. The van der Waals surface area contributed by atoms with Gasteiger partial charge in [0.1, 0.15) is 23.6 Å². The number of ether oxygens (including phenoxy) is 4.